The molecule has 0 amide bonds. The fourth-order valence-electron chi connectivity index (χ4n) is 12.4. The van der Waals surface area contributed by atoms with Gasteiger partial charge in [0.25, 0.3) is 0 Å². The normalized spacial score (nSPS) is 11.7. The summed E-state index contributed by atoms with van der Waals surface area (Å²) in [5, 5.41) is 7.23. The first-order valence-electron chi connectivity index (χ1n) is 27.5. The molecule has 16 rings (SSSR count). The van der Waals surface area contributed by atoms with Gasteiger partial charge in [-0.2, -0.15) is 0 Å². The van der Waals surface area contributed by atoms with Gasteiger partial charge in [-0.25, -0.2) is 15.0 Å². The van der Waals surface area contributed by atoms with Gasteiger partial charge in [0.05, 0.1) is 38.8 Å². The molecular formula is C75H48N6. The van der Waals surface area contributed by atoms with Crippen molar-refractivity contribution < 1.29 is 0 Å². The third-order valence-corrected chi connectivity index (χ3v) is 16.1. The van der Waals surface area contributed by atoms with Crippen LogP contribution < -0.4 is 0 Å². The maximum Gasteiger partial charge on any atom is 0.164 e. The van der Waals surface area contributed by atoms with Gasteiger partial charge in [-0.15, -0.1) is 0 Å². The SMILES string of the molecule is c1ccc(-c2cccc(-c3ccc(-c4nc(-c5ccccc5)nc(-c5cccc(-n6c7ccccc7c7cc(-c8ccc9c(c8)c8ccccc8n9-c8ccccc8)ccc76)c5)n4)cc3-n3c4ccccc4c4ccccc43)c2)cc1. The van der Waals surface area contributed by atoms with Crippen molar-refractivity contribution in [2.75, 3.05) is 0 Å². The van der Waals surface area contributed by atoms with Gasteiger partial charge in [-0.1, -0.05) is 206 Å². The maximum atomic E-state index is 5.41. The second kappa shape index (κ2) is 18.9. The molecule has 12 aromatic carbocycles. The standard InChI is InChI=1S/C75H48N6/c1-4-20-49(21-5-1)51-24-18-25-54(44-51)59-41-38-56(48-72(59)81-68-36-16-10-30-60(68)61-31-11-17-37-69(61)81)75-77-73(50-22-6-2-7-23-50)76-74(78-75)55-26-19-29-58(45-55)80-67-35-15-13-33-63(67)65-47-53(40-43-71(65)80)52-39-42-70-64(46-52)62-32-12-14-34-66(62)79(70)57-27-8-3-9-28-57/h1-48H. The Bertz CT molecular complexity index is 5060. The zero-order valence-corrected chi connectivity index (χ0v) is 43.9. The first-order chi connectivity index (χ1) is 40.2. The Labute approximate surface area is 467 Å². The quantitative estimate of drug-likeness (QED) is 0.145. The van der Waals surface area contributed by atoms with E-state index in [1.54, 1.807) is 0 Å². The van der Waals surface area contributed by atoms with Crippen molar-refractivity contribution in [3.05, 3.63) is 291 Å². The maximum absolute atomic E-state index is 5.41. The van der Waals surface area contributed by atoms with Gasteiger partial charge in [-0.3, -0.25) is 0 Å². The number of rotatable bonds is 9. The molecule has 4 aromatic heterocycles. The summed E-state index contributed by atoms with van der Waals surface area (Å²) in [6, 6.07) is 104. The minimum absolute atomic E-state index is 0.586. The van der Waals surface area contributed by atoms with E-state index in [2.05, 4.69) is 287 Å². The minimum Gasteiger partial charge on any atom is -0.309 e. The number of hydrogen-bond donors (Lipinski definition) is 0. The van der Waals surface area contributed by atoms with Crippen molar-refractivity contribution in [3.63, 3.8) is 0 Å². The molecule has 6 nitrogen and oxygen atoms in total. The average Bonchev–Trinajstić information content (AvgIpc) is 4.38. The molecule has 0 fully saturated rings. The van der Waals surface area contributed by atoms with E-state index in [1.807, 2.05) is 18.2 Å². The number of para-hydroxylation sites is 5. The smallest absolute Gasteiger partial charge is 0.164 e. The van der Waals surface area contributed by atoms with Crippen LogP contribution in [0, 0.1) is 0 Å². The molecule has 0 aliphatic carbocycles. The molecule has 378 valence electrons. The highest BCUT2D eigenvalue weighted by Gasteiger charge is 2.21. The Morgan fingerprint density at radius 3 is 1.15 bits per heavy atom. The van der Waals surface area contributed by atoms with Gasteiger partial charge in [0.15, 0.2) is 17.5 Å². The van der Waals surface area contributed by atoms with Crippen molar-refractivity contribution in [3.8, 4) is 84.6 Å². The molecule has 0 aliphatic heterocycles. The van der Waals surface area contributed by atoms with Crippen molar-refractivity contribution >= 4 is 65.4 Å². The number of nitrogens with zero attached hydrogens (tertiary/aromatic N) is 6. The lowest BCUT2D eigenvalue weighted by atomic mass is 9.96. The zero-order valence-electron chi connectivity index (χ0n) is 43.9. The lowest BCUT2D eigenvalue weighted by Gasteiger charge is -2.17. The summed E-state index contributed by atoms with van der Waals surface area (Å²) >= 11 is 0. The van der Waals surface area contributed by atoms with Gasteiger partial charge in [0, 0.05) is 65.9 Å². The number of fused-ring (bicyclic) bond motifs is 9. The fourth-order valence-corrected chi connectivity index (χ4v) is 12.4. The molecule has 0 radical (unpaired) electrons. The molecule has 0 saturated carbocycles. The third-order valence-electron chi connectivity index (χ3n) is 16.1. The van der Waals surface area contributed by atoms with Crippen molar-refractivity contribution in [1.29, 1.82) is 0 Å². The molecule has 81 heavy (non-hydrogen) atoms. The Kier molecular flexibility index (Phi) is 10.8. The monoisotopic (exact) mass is 1030 g/mol. The van der Waals surface area contributed by atoms with E-state index in [-0.39, 0.29) is 0 Å². The molecule has 6 heteroatoms. The highest BCUT2D eigenvalue weighted by atomic mass is 15.0. The molecule has 0 N–H and O–H groups in total. The van der Waals surface area contributed by atoms with Crippen molar-refractivity contribution in [1.82, 2.24) is 28.7 Å². The molecule has 4 heterocycles. The van der Waals surface area contributed by atoms with Gasteiger partial charge >= 0.3 is 0 Å². The lowest BCUT2D eigenvalue weighted by Crippen LogP contribution is -2.03. The lowest BCUT2D eigenvalue weighted by molar-refractivity contribution is 1.07. The van der Waals surface area contributed by atoms with E-state index in [0.29, 0.717) is 17.5 Å². The number of hydrogen-bond acceptors (Lipinski definition) is 3. The molecule has 0 bridgehead atoms. The van der Waals surface area contributed by atoms with Crippen LogP contribution in [-0.4, -0.2) is 28.7 Å². The van der Waals surface area contributed by atoms with Crippen LogP contribution in [0.15, 0.2) is 291 Å². The van der Waals surface area contributed by atoms with E-state index in [4.69, 9.17) is 15.0 Å². The first kappa shape index (κ1) is 46.2. The highest BCUT2D eigenvalue weighted by Crippen LogP contribution is 2.42. The Morgan fingerprint density at radius 2 is 0.568 bits per heavy atom. The highest BCUT2D eigenvalue weighted by molar-refractivity contribution is 6.13. The summed E-state index contributed by atoms with van der Waals surface area (Å²) in [5.74, 6) is 1.78. The molecule has 0 aliphatic rings. The summed E-state index contributed by atoms with van der Waals surface area (Å²) in [6.45, 7) is 0. The summed E-state index contributed by atoms with van der Waals surface area (Å²) in [6.07, 6.45) is 0. The summed E-state index contributed by atoms with van der Waals surface area (Å²) in [7, 11) is 0. The largest absolute Gasteiger partial charge is 0.309 e. The number of benzene rings is 12. The van der Waals surface area contributed by atoms with Crippen LogP contribution in [0.1, 0.15) is 0 Å². The minimum atomic E-state index is 0.586. The molecule has 0 atom stereocenters. The van der Waals surface area contributed by atoms with Crippen LogP contribution >= 0.6 is 0 Å². The van der Waals surface area contributed by atoms with Gasteiger partial charge in [0.2, 0.25) is 0 Å². The van der Waals surface area contributed by atoms with E-state index in [9.17, 15) is 0 Å². The zero-order chi connectivity index (χ0) is 53.4. The molecule has 0 unspecified atom stereocenters. The van der Waals surface area contributed by atoms with Crippen LogP contribution in [-0.2, 0) is 0 Å². The van der Waals surface area contributed by atoms with Crippen LogP contribution in [0.5, 0.6) is 0 Å². The van der Waals surface area contributed by atoms with Crippen LogP contribution in [0.25, 0.3) is 150 Å². The van der Waals surface area contributed by atoms with E-state index in [0.717, 1.165) is 72.5 Å². The Morgan fingerprint density at radius 1 is 0.198 bits per heavy atom. The van der Waals surface area contributed by atoms with Gasteiger partial charge in [-0.05, 0) is 113 Å². The predicted molar refractivity (Wildman–Crippen MR) is 335 cm³/mol. The molecular weight excluding hydrogens is 985 g/mol. The Hall–Kier alpha value is -11.0. The predicted octanol–water partition coefficient (Wildman–Crippen LogP) is 19.2. The van der Waals surface area contributed by atoms with Gasteiger partial charge in [0.1, 0.15) is 0 Å². The van der Waals surface area contributed by atoms with Crippen molar-refractivity contribution in [2.24, 2.45) is 0 Å². The molecule has 16 aromatic rings. The molecule has 0 spiro atoms. The van der Waals surface area contributed by atoms with E-state index >= 15 is 0 Å². The van der Waals surface area contributed by atoms with Crippen LogP contribution in [0.4, 0.5) is 0 Å². The summed E-state index contributed by atoms with van der Waals surface area (Å²) < 4.78 is 7.15. The van der Waals surface area contributed by atoms with E-state index in [1.165, 1.54) is 60.0 Å². The van der Waals surface area contributed by atoms with Crippen molar-refractivity contribution in [2.45, 2.75) is 0 Å². The molecule has 0 saturated heterocycles. The van der Waals surface area contributed by atoms with Crippen LogP contribution in [0.2, 0.25) is 0 Å². The second-order valence-corrected chi connectivity index (χ2v) is 20.8. The summed E-state index contributed by atoms with van der Waals surface area (Å²) in [4.78, 5) is 16.0. The van der Waals surface area contributed by atoms with E-state index < -0.39 is 0 Å². The second-order valence-electron chi connectivity index (χ2n) is 20.8. The fraction of sp³-hybridized carbons (Fsp3) is 0. The average molecular weight is 1030 g/mol. The van der Waals surface area contributed by atoms with Gasteiger partial charge < -0.3 is 13.7 Å². The summed E-state index contributed by atoms with van der Waals surface area (Å²) in [5.41, 5.74) is 19.6. The van der Waals surface area contributed by atoms with Crippen LogP contribution in [0.3, 0.4) is 0 Å². The first-order valence-corrected chi connectivity index (χ1v) is 27.5. The topological polar surface area (TPSA) is 53.5 Å². The Balaban J connectivity index is 0.839. The number of aromatic nitrogens is 6. The third kappa shape index (κ3) is 7.76.